The Bertz CT molecular complexity index is 855. The van der Waals surface area contributed by atoms with Gasteiger partial charge in [-0.2, -0.15) is 0 Å². The van der Waals surface area contributed by atoms with E-state index in [1.807, 2.05) is 50.4 Å². The van der Waals surface area contributed by atoms with Gasteiger partial charge in [-0.25, -0.2) is 0 Å². The van der Waals surface area contributed by atoms with Gasteiger partial charge in [0.2, 0.25) is 6.79 Å². The Hall–Kier alpha value is -2.93. The highest BCUT2D eigenvalue weighted by Gasteiger charge is 2.22. The van der Waals surface area contributed by atoms with Gasteiger partial charge in [0.1, 0.15) is 0 Å². The molecule has 7 heteroatoms. The molecule has 0 saturated carbocycles. The summed E-state index contributed by atoms with van der Waals surface area (Å²) >= 11 is 0. The molecule has 3 rings (SSSR count). The number of ether oxygens (including phenoxy) is 4. The SMILES string of the molecule is COc1ccc(CC[NH+](C)[C@@H](C)C(=O)NCc2ccc3c(c2)OCO3)cc1OC. The first-order valence-corrected chi connectivity index (χ1v) is 9.71. The van der Waals surface area contributed by atoms with E-state index in [9.17, 15) is 4.79 Å². The molecule has 0 spiro atoms. The number of methoxy groups -OCH3 is 2. The molecule has 1 unspecified atom stereocenters. The molecular weight excluding hydrogens is 372 g/mol. The Labute approximate surface area is 171 Å². The van der Waals surface area contributed by atoms with Crippen molar-refractivity contribution in [3.63, 3.8) is 0 Å². The molecule has 0 aromatic heterocycles. The van der Waals surface area contributed by atoms with E-state index in [1.54, 1.807) is 14.2 Å². The number of rotatable bonds is 9. The maximum absolute atomic E-state index is 12.6. The number of amides is 1. The molecule has 7 nitrogen and oxygen atoms in total. The van der Waals surface area contributed by atoms with Crippen molar-refractivity contribution in [3.05, 3.63) is 47.5 Å². The van der Waals surface area contributed by atoms with Crippen LogP contribution >= 0.6 is 0 Å². The molecule has 29 heavy (non-hydrogen) atoms. The van der Waals surface area contributed by atoms with Crippen molar-refractivity contribution in [1.29, 1.82) is 0 Å². The van der Waals surface area contributed by atoms with Crippen LogP contribution in [0.3, 0.4) is 0 Å². The second kappa shape index (κ2) is 9.52. The van der Waals surface area contributed by atoms with Crippen LogP contribution in [-0.4, -0.2) is 46.6 Å². The molecule has 2 atom stereocenters. The first-order valence-electron chi connectivity index (χ1n) is 9.71. The second-order valence-electron chi connectivity index (χ2n) is 7.16. The zero-order chi connectivity index (χ0) is 20.8. The van der Waals surface area contributed by atoms with Crippen molar-refractivity contribution in [1.82, 2.24) is 5.32 Å². The average Bonchev–Trinajstić information content (AvgIpc) is 3.22. The minimum atomic E-state index is -0.163. The van der Waals surface area contributed by atoms with E-state index < -0.39 is 0 Å². The summed E-state index contributed by atoms with van der Waals surface area (Å²) in [4.78, 5) is 13.7. The van der Waals surface area contributed by atoms with Gasteiger partial charge in [0.05, 0.1) is 27.8 Å². The molecule has 1 aliphatic heterocycles. The molecule has 1 heterocycles. The normalized spacial score (nSPS) is 14.2. The van der Waals surface area contributed by atoms with Crippen LogP contribution in [0.2, 0.25) is 0 Å². The van der Waals surface area contributed by atoms with Crippen LogP contribution in [0, 0.1) is 0 Å². The van der Waals surface area contributed by atoms with Gasteiger partial charge in [-0.05, 0) is 42.3 Å². The third kappa shape index (κ3) is 5.12. The monoisotopic (exact) mass is 401 g/mol. The van der Waals surface area contributed by atoms with E-state index in [-0.39, 0.29) is 18.7 Å². The third-order valence-corrected chi connectivity index (χ3v) is 5.29. The summed E-state index contributed by atoms with van der Waals surface area (Å²) in [5, 5.41) is 3.01. The summed E-state index contributed by atoms with van der Waals surface area (Å²) in [6.45, 7) is 3.48. The molecule has 2 N–H and O–H groups in total. The van der Waals surface area contributed by atoms with Gasteiger partial charge in [-0.15, -0.1) is 0 Å². The van der Waals surface area contributed by atoms with E-state index in [0.29, 0.717) is 12.3 Å². The van der Waals surface area contributed by atoms with Crippen molar-refractivity contribution >= 4 is 5.91 Å². The zero-order valence-electron chi connectivity index (χ0n) is 17.4. The van der Waals surface area contributed by atoms with Gasteiger partial charge < -0.3 is 29.2 Å². The Morgan fingerprint density at radius 1 is 1.07 bits per heavy atom. The lowest BCUT2D eigenvalue weighted by atomic mass is 10.1. The number of nitrogens with one attached hydrogen (secondary N) is 2. The summed E-state index contributed by atoms with van der Waals surface area (Å²) in [7, 11) is 5.29. The van der Waals surface area contributed by atoms with Crippen molar-refractivity contribution < 1.29 is 28.6 Å². The first-order chi connectivity index (χ1) is 14.0. The summed E-state index contributed by atoms with van der Waals surface area (Å²) in [5.41, 5.74) is 2.13. The van der Waals surface area contributed by atoms with E-state index in [1.165, 1.54) is 0 Å². The standard InChI is InChI=1S/C22H28N2O5/c1-15(22(25)23-13-17-6-8-19-21(12-17)29-14-28-19)24(2)10-9-16-5-7-18(26-3)20(11-16)27-4/h5-8,11-12,15H,9-10,13-14H2,1-4H3,(H,23,25)/p+1/t15-/m0/s1. The van der Waals surface area contributed by atoms with Crippen LogP contribution in [0.25, 0.3) is 0 Å². The Morgan fingerprint density at radius 3 is 2.55 bits per heavy atom. The first kappa shape index (κ1) is 20.8. The van der Waals surface area contributed by atoms with E-state index >= 15 is 0 Å². The minimum Gasteiger partial charge on any atom is -0.493 e. The number of carbonyl (C=O) groups is 1. The number of carbonyl (C=O) groups excluding carboxylic acids is 1. The highest BCUT2D eigenvalue weighted by Crippen LogP contribution is 2.32. The van der Waals surface area contributed by atoms with E-state index in [2.05, 4.69) is 5.32 Å². The van der Waals surface area contributed by atoms with E-state index in [0.717, 1.165) is 46.2 Å². The largest absolute Gasteiger partial charge is 0.493 e. The lowest BCUT2D eigenvalue weighted by Gasteiger charge is -2.21. The number of fused-ring (bicyclic) bond motifs is 1. The summed E-state index contributed by atoms with van der Waals surface area (Å²) in [5.74, 6) is 2.92. The molecule has 1 aliphatic rings. The number of hydrogen-bond acceptors (Lipinski definition) is 5. The zero-order valence-corrected chi connectivity index (χ0v) is 17.4. The minimum absolute atomic E-state index is 0.0208. The second-order valence-corrected chi connectivity index (χ2v) is 7.16. The average molecular weight is 401 g/mol. The van der Waals surface area contributed by atoms with Gasteiger partial charge >= 0.3 is 0 Å². The quantitative estimate of drug-likeness (QED) is 0.661. The predicted octanol–water partition coefficient (Wildman–Crippen LogP) is 1.19. The van der Waals surface area contributed by atoms with Gasteiger partial charge in [0.15, 0.2) is 29.0 Å². The number of hydrogen-bond donors (Lipinski definition) is 2. The molecule has 2 aromatic rings. The highest BCUT2D eigenvalue weighted by atomic mass is 16.7. The molecule has 0 saturated heterocycles. The van der Waals surface area contributed by atoms with Crippen molar-refractivity contribution in [2.24, 2.45) is 0 Å². The van der Waals surface area contributed by atoms with Crippen molar-refractivity contribution in [2.75, 3.05) is 34.6 Å². The number of quaternary nitrogens is 1. The Balaban J connectivity index is 1.49. The van der Waals surface area contributed by atoms with Crippen LogP contribution in [0.5, 0.6) is 23.0 Å². The molecule has 1 amide bonds. The molecule has 0 radical (unpaired) electrons. The summed E-state index contributed by atoms with van der Waals surface area (Å²) in [6, 6.07) is 11.5. The van der Waals surface area contributed by atoms with E-state index in [4.69, 9.17) is 18.9 Å². The number of benzene rings is 2. The van der Waals surface area contributed by atoms with Crippen LogP contribution < -0.4 is 29.2 Å². The van der Waals surface area contributed by atoms with Gasteiger partial charge in [-0.3, -0.25) is 4.79 Å². The van der Waals surface area contributed by atoms with Gasteiger partial charge in [0, 0.05) is 13.0 Å². The maximum Gasteiger partial charge on any atom is 0.278 e. The fraction of sp³-hybridized carbons (Fsp3) is 0.409. The van der Waals surface area contributed by atoms with Gasteiger partial charge in [-0.1, -0.05) is 12.1 Å². The summed E-state index contributed by atoms with van der Waals surface area (Å²) in [6.07, 6.45) is 0.839. The van der Waals surface area contributed by atoms with Crippen LogP contribution in [0.15, 0.2) is 36.4 Å². The lowest BCUT2D eigenvalue weighted by Crippen LogP contribution is -3.14. The smallest absolute Gasteiger partial charge is 0.278 e. The molecule has 156 valence electrons. The van der Waals surface area contributed by atoms with Crippen molar-refractivity contribution in [3.8, 4) is 23.0 Å². The van der Waals surface area contributed by atoms with Crippen molar-refractivity contribution in [2.45, 2.75) is 25.9 Å². The fourth-order valence-electron chi connectivity index (χ4n) is 3.21. The highest BCUT2D eigenvalue weighted by molar-refractivity contribution is 5.79. The molecule has 0 aliphatic carbocycles. The van der Waals surface area contributed by atoms with Crippen LogP contribution in [0.4, 0.5) is 0 Å². The van der Waals surface area contributed by atoms with Gasteiger partial charge in [0.25, 0.3) is 5.91 Å². The van der Waals surface area contributed by atoms with Crippen LogP contribution in [-0.2, 0) is 17.8 Å². The fourth-order valence-corrected chi connectivity index (χ4v) is 3.21. The lowest BCUT2D eigenvalue weighted by molar-refractivity contribution is -0.894. The molecule has 0 bridgehead atoms. The molecular formula is C22H29N2O5+. The summed E-state index contributed by atoms with van der Waals surface area (Å²) < 4.78 is 21.3. The maximum atomic E-state index is 12.6. The predicted molar refractivity (Wildman–Crippen MR) is 109 cm³/mol. The molecule has 2 aromatic carbocycles. The Kier molecular flexibility index (Phi) is 6.82. The third-order valence-electron chi connectivity index (χ3n) is 5.29. The van der Waals surface area contributed by atoms with Crippen LogP contribution in [0.1, 0.15) is 18.1 Å². The topological polar surface area (TPSA) is 70.5 Å². The Morgan fingerprint density at radius 2 is 1.79 bits per heavy atom. The number of likely N-dealkylation sites (N-methyl/N-ethyl adjacent to an activating group) is 1. The molecule has 0 fully saturated rings.